The molecule has 6 nitrogen and oxygen atoms in total. The Balaban J connectivity index is 0.671. The van der Waals surface area contributed by atoms with Crippen LogP contribution in [0.3, 0.4) is 0 Å². The average Bonchev–Trinajstić information content (AvgIpc) is 4.19. The van der Waals surface area contributed by atoms with Crippen molar-refractivity contribution in [2.45, 2.75) is 0 Å². The van der Waals surface area contributed by atoms with E-state index in [0.29, 0.717) is 0 Å². The first kappa shape index (κ1) is 48.1. The van der Waals surface area contributed by atoms with Crippen molar-refractivity contribution in [1.29, 1.82) is 0 Å². The lowest BCUT2D eigenvalue weighted by atomic mass is 10.0. The van der Waals surface area contributed by atoms with E-state index in [4.69, 9.17) is 10.2 Å². The number of hydrogen-bond donors (Lipinski definition) is 0. The molecule has 0 saturated carbocycles. The van der Waals surface area contributed by atoms with E-state index in [1.54, 1.807) is 0 Å². The number of benzene rings is 12. The van der Waals surface area contributed by atoms with Crippen LogP contribution in [0, 0.1) is 0 Å². The Morgan fingerprint density at radius 3 is 0.829 bits per heavy atom. The standard InChI is InChI=1S/C76H52N6/c1-5-17-59(18-6-1)79(60-19-7-2-8-20-60)63-39-29-53(30-40-63)57-37-49-75-69(51-57)67-25-13-15-27-73(67)81(75)65-43-33-55(34-44-65)71-47-48-72(78-77-71)56-35-45-66(46-36-56)82-74-28-16-14-26-68(74)70-52-58(38-50-76(70)82)54-31-41-64(42-32-54)80(61-21-9-3-10-22-61)62-23-11-4-12-24-62/h1-52H. The Hall–Kier alpha value is -11.1. The third-order valence-corrected chi connectivity index (χ3v) is 15.8. The summed E-state index contributed by atoms with van der Waals surface area (Å²) in [6, 6.07) is 112. The fourth-order valence-corrected chi connectivity index (χ4v) is 11.9. The summed E-state index contributed by atoms with van der Waals surface area (Å²) in [5.41, 5.74) is 21.8. The molecule has 0 bridgehead atoms. The summed E-state index contributed by atoms with van der Waals surface area (Å²) in [6.45, 7) is 0. The fourth-order valence-electron chi connectivity index (χ4n) is 11.9. The van der Waals surface area contributed by atoms with Crippen molar-refractivity contribution in [1.82, 2.24) is 19.3 Å². The largest absolute Gasteiger partial charge is 0.311 e. The van der Waals surface area contributed by atoms with Gasteiger partial charge in [0.1, 0.15) is 0 Å². The van der Waals surface area contributed by atoms with Gasteiger partial charge in [0, 0.05) is 78.2 Å². The summed E-state index contributed by atoms with van der Waals surface area (Å²) in [5, 5.41) is 14.4. The number of rotatable bonds is 12. The quantitative estimate of drug-likeness (QED) is 0.122. The molecular weight excluding hydrogens is 997 g/mol. The van der Waals surface area contributed by atoms with E-state index in [1.165, 1.54) is 43.8 Å². The maximum absolute atomic E-state index is 4.76. The third-order valence-electron chi connectivity index (χ3n) is 15.8. The van der Waals surface area contributed by atoms with Crippen LogP contribution in [-0.4, -0.2) is 19.3 Å². The lowest BCUT2D eigenvalue weighted by Gasteiger charge is -2.25. The van der Waals surface area contributed by atoms with E-state index >= 15 is 0 Å². The van der Waals surface area contributed by atoms with Crippen molar-refractivity contribution >= 4 is 77.7 Å². The summed E-state index contributed by atoms with van der Waals surface area (Å²) in [5.74, 6) is 0. The minimum Gasteiger partial charge on any atom is -0.311 e. The summed E-state index contributed by atoms with van der Waals surface area (Å²) >= 11 is 0. The lowest BCUT2D eigenvalue weighted by Crippen LogP contribution is -2.09. The van der Waals surface area contributed by atoms with Crippen LogP contribution in [0.2, 0.25) is 0 Å². The van der Waals surface area contributed by atoms with Crippen LogP contribution in [0.15, 0.2) is 315 Å². The Labute approximate surface area is 475 Å². The van der Waals surface area contributed by atoms with Gasteiger partial charge in [-0.3, -0.25) is 0 Å². The highest BCUT2D eigenvalue weighted by Crippen LogP contribution is 2.41. The van der Waals surface area contributed by atoms with Crippen LogP contribution in [-0.2, 0) is 0 Å². The minimum atomic E-state index is 0.822. The Morgan fingerprint density at radius 2 is 0.488 bits per heavy atom. The molecule has 6 heteroatoms. The molecule has 15 rings (SSSR count). The van der Waals surface area contributed by atoms with Gasteiger partial charge in [0.05, 0.1) is 33.5 Å². The molecule has 0 aliphatic heterocycles. The van der Waals surface area contributed by atoms with Gasteiger partial charge in [0.2, 0.25) is 0 Å². The van der Waals surface area contributed by atoms with Gasteiger partial charge in [-0.2, -0.15) is 0 Å². The highest BCUT2D eigenvalue weighted by atomic mass is 15.1. The molecule has 0 aliphatic carbocycles. The normalized spacial score (nSPS) is 11.4. The van der Waals surface area contributed by atoms with Crippen molar-refractivity contribution < 1.29 is 0 Å². The molecule has 15 aromatic rings. The molecule has 0 saturated heterocycles. The monoisotopic (exact) mass is 1050 g/mol. The third kappa shape index (κ3) is 8.72. The van der Waals surface area contributed by atoms with Crippen molar-refractivity contribution in [3.05, 3.63) is 315 Å². The zero-order valence-electron chi connectivity index (χ0n) is 44.7. The highest BCUT2D eigenvalue weighted by molar-refractivity contribution is 6.12. The number of hydrogen-bond acceptors (Lipinski definition) is 4. The van der Waals surface area contributed by atoms with Gasteiger partial charge in [-0.15, -0.1) is 10.2 Å². The molecule has 82 heavy (non-hydrogen) atoms. The summed E-state index contributed by atoms with van der Waals surface area (Å²) in [7, 11) is 0. The van der Waals surface area contributed by atoms with Crippen molar-refractivity contribution in [2.75, 3.05) is 9.80 Å². The van der Waals surface area contributed by atoms with E-state index in [0.717, 1.165) is 90.1 Å². The number of anilines is 6. The topological polar surface area (TPSA) is 42.1 Å². The second-order valence-corrected chi connectivity index (χ2v) is 20.7. The summed E-state index contributed by atoms with van der Waals surface area (Å²) in [6.07, 6.45) is 0. The number of para-hydroxylation sites is 6. The van der Waals surface area contributed by atoms with Crippen LogP contribution in [0.5, 0.6) is 0 Å². The molecule has 12 aromatic carbocycles. The molecule has 0 aliphatic rings. The lowest BCUT2D eigenvalue weighted by molar-refractivity contribution is 1.04. The Kier molecular flexibility index (Phi) is 12.1. The maximum atomic E-state index is 4.76. The van der Waals surface area contributed by atoms with Gasteiger partial charge < -0.3 is 18.9 Å². The predicted molar refractivity (Wildman–Crippen MR) is 342 cm³/mol. The Morgan fingerprint density at radius 1 is 0.207 bits per heavy atom. The van der Waals surface area contributed by atoms with Crippen molar-refractivity contribution in [3.8, 4) is 56.1 Å². The van der Waals surface area contributed by atoms with Gasteiger partial charge in [-0.25, -0.2) is 0 Å². The smallest absolute Gasteiger partial charge is 0.0930 e. The van der Waals surface area contributed by atoms with Crippen LogP contribution in [0.25, 0.3) is 99.8 Å². The van der Waals surface area contributed by atoms with Crippen LogP contribution >= 0.6 is 0 Å². The molecule has 0 fully saturated rings. The molecule has 0 radical (unpaired) electrons. The SMILES string of the molecule is c1ccc(N(c2ccccc2)c2ccc(-c3ccc4c(c3)c3ccccc3n4-c3ccc(-c4ccc(-c5ccc(-n6c7ccccc7c7cc(-c8ccc(N(c9ccccc9)c9ccccc9)cc8)ccc76)cc5)nn4)cc3)cc2)cc1. The first-order chi connectivity index (χ1) is 40.7. The van der Waals surface area contributed by atoms with Crippen LogP contribution in [0.4, 0.5) is 34.1 Å². The molecule has 3 aromatic heterocycles. The van der Waals surface area contributed by atoms with E-state index in [1.807, 2.05) is 0 Å². The van der Waals surface area contributed by atoms with Gasteiger partial charge in [-0.05, 0) is 168 Å². The van der Waals surface area contributed by atoms with E-state index in [9.17, 15) is 0 Å². The number of nitrogens with zero attached hydrogens (tertiary/aromatic N) is 6. The molecular formula is C76H52N6. The van der Waals surface area contributed by atoms with Gasteiger partial charge in [0.15, 0.2) is 0 Å². The zero-order chi connectivity index (χ0) is 54.3. The summed E-state index contributed by atoms with van der Waals surface area (Å²) < 4.78 is 4.72. The van der Waals surface area contributed by atoms with E-state index < -0.39 is 0 Å². The maximum Gasteiger partial charge on any atom is 0.0930 e. The molecule has 0 atom stereocenters. The first-order valence-corrected chi connectivity index (χ1v) is 27.8. The molecule has 3 heterocycles. The van der Waals surface area contributed by atoms with Crippen LogP contribution < -0.4 is 9.80 Å². The van der Waals surface area contributed by atoms with Gasteiger partial charge >= 0.3 is 0 Å². The van der Waals surface area contributed by atoms with Crippen molar-refractivity contribution in [3.63, 3.8) is 0 Å². The molecule has 0 N–H and O–H groups in total. The highest BCUT2D eigenvalue weighted by Gasteiger charge is 2.19. The second kappa shape index (κ2) is 20.6. The summed E-state index contributed by atoms with van der Waals surface area (Å²) in [4.78, 5) is 4.59. The Bertz CT molecular complexity index is 4340. The van der Waals surface area contributed by atoms with Crippen molar-refractivity contribution in [2.24, 2.45) is 0 Å². The first-order valence-electron chi connectivity index (χ1n) is 27.8. The second-order valence-electron chi connectivity index (χ2n) is 20.7. The molecule has 0 unspecified atom stereocenters. The molecule has 0 spiro atoms. The minimum absolute atomic E-state index is 0.822. The zero-order valence-corrected chi connectivity index (χ0v) is 44.7. The fraction of sp³-hybridized carbons (Fsp3) is 0. The van der Waals surface area contributed by atoms with Crippen LogP contribution in [0.1, 0.15) is 0 Å². The van der Waals surface area contributed by atoms with E-state index in [2.05, 4.69) is 334 Å². The molecule has 0 amide bonds. The number of aromatic nitrogens is 4. The molecule has 386 valence electrons. The van der Waals surface area contributed by atoms with Gasteiger partial charge in [0.25, 0.3) is 0 Å². The predicted octanol–water partition coefficient (Wildman–Crippen LogP) is 20.3. The van der Waals surface area contributed by atoms with E-state index in [-0.39, 0.29) is 0 Å². The average molecular weight is 1050 g/mol. The van der Waals surface area contributed by atoms with Gasteiger partial charge in [-0.1, -0.05) is 170 Å². The number of fused-ring (bicyclic) bond motifs is 6.